The molecule has 2 heterocycles. The number of ketones is 2. The van der Waals surface area contributed by atoms with Crippen LogP contribution in [-0.4, -0.2) is 33.5 Å². The van der Waals surface area contributed by atoms with E-state index >= 15 is 0 Å². The summed E-state index contributed by atoms with van der Waals surface area (Å²) in [7, 11) is 0. The van der Waals surface area contributed by atoms with Crippen LogP contribution in [0, 0.1) is 0 Å². The largest absolute Gasteiger partial charge is 0.409 e. The average molecular weight is 442 g/mol. The molecule has 0 bridgehead atoms. The fraction of sp³-hybridized carbons (Fsp3) is 0.0400. The fourth-order valence-corrected chi connectivity index (χ4v) is 3.06. The third-order valence-electron chi connectivity index (χ3n) is 4.62. The number of H-pyrrole nitrogens is 2. The van der Waals surface area contributed by atoms with Gasteiger partial charge in [0.05, 0.1) is 11.4 Å². The smallest absolute Gasteiger partial charge is 0.323 e. The summed E-state index contributed by atoms with van der Waals surface area (Å²) < 4.78 is 10.2. The quantitative estimate of drug-likeness (QED) is 0.244. The number of ether oxygens (including phenoxy) is 2. The van der Waals surface area contributed by atoms with E-state index in [1.165, 1.54) is 24.3 Å². The molecule has 164 valence electrons. The van der Waals surface area contributed by atoms with Crippen LogP contribution in [-0.2, 0) is 9.59 Å². The predicted molar refractivity (Wildman–Crippen MR) is 117 cm³/mol. The van der Waals surface area contributed by atoms with Gasteiger partial charge in [-0.3, -0.25) is 19.2 Å². The third-order valence-corrected chi connectivity index (χ3v) is 4.62. The highest BCUT2D eigenvalue weighted by Crippen LogP contribution is 2.17. The zero-order chi connectivity index (χ0) is 23.2. The van der Waals surface area contributed by atoms with Crippen LogP contribution < -0.4 is 9.47 Å². The van der Waals surface area contributed by atoms with E-state index in [-0.39, 0.29) is 34.7 Å². The summed E-state index contributed by atoms with van der Waals surface area (Å²) >= 11 is 0. The Morgan fingerprint density at radius 1 is 0.545 bits per heavy atom. The molecule has 0 radical (unpaired) electrons. The van der Waals surface area contributed by atoms with Crippen LogP contribution in [0.2, 0.25) is 0 Å². The molecule has 8 heteroatoms. The van der Waals surface area contributed by atoms with E-state index in [9.17, 15) is 19.2 Å². The van der Waals surface area contributed by atoms with E-state index in [2.05, 4.69) is 9.97 Å². The summed E-state index contributed by atoms with van der Waals surface area (Å²) in [6.07, 6.45) is -0.665. The van der Waals surface area contributed by atoms with Gasteiger partial charge in [-0.25, -0.2) is 0 Å². The van der Waals surface area contributed by atoms with Crippen LogP contribution in [0.5, 0.6) is 11.8 Å². The van der Waals surface area contributed by atoms with Crippen molar-refractivity contribution in [2.45, 2.75) is 6.42 Å². The molecule has 0 saturated carbocycles. The lowest BCUT2D eigenvalue weighted by Gasteiger charge is -2.03. The van der Waals surface area contributed by atoms with Crippen molar-refractivity contribution in [3.63, 3.8) is 0 Å². The molecule has 2 aromatic carbocycles. The Hall–Kier alpha value is -4.72. The zero-order valence-electron chi connectivity index (χ0n) is 17.2. The van der Waals surface area contributed by atoms with Crippen LogP contribution in [0.3, 0.4) is 0 Å². The lowest BCUT2D eigenvalue weighted by molar-refractivity contribution is -0.144. The molecule has 2 N–H and O–H groups in total. The van der Waals surface area contributed by atoms with E-state index in [1.807, 2.05) is 0 Å². The number of nitrogens with one attached hydrogen (secondary N) is 2. The molecule has 33 heavy (non-hydrogen) atoms. The van der Waals surface area contributed by atoms with Crippen LogP contribution in [0.25, 0.3) is 0 Å². The summed E-state index contributed by atoms with van der Waals surface area (Å²) in [5.74, 6) is -2.19. The Labute approximate surface area is 188 Å². The van der Waals surface area contributed by atoms with Gasteiger partial charge in [0, 0.05) is 23.3 Å². The molecule has 0 saturated heterocycles. The Balaban J connectivity index is 1.30. The lowest BCUT2D eigenvalue weighted by atomic mass is 10.1. The predicted octanol–water partition coefficient (Wildman–Crippen LogP) is 3.71. The minimum atomic E-state index is -0.868. The number of rotatable bonds is 8. The van der Waals surface area contributed by atoms with Crippen molar-refractivity contribution in [3.05, 3.63) is 107 Å². The second kappa shape index (κ2) is 9.61. The van der Waals surface area contributed by atoms with E-state index in [0.29, 0.717) is 11.1 Å². The fourth-order valence-electron chi connectivity index (χ4n) is 3.06. The SMILES string of the molecule is O=C(CC(=O)Oc1ccc(C(=O)c2ccccc2)[nH]1)Oc1ccc(C(=O)c2ccccc2)[nH]1. The van der Waals surface area contributed by atoms with E-state index in [1.54, 1.807) is 60.7 Å². The molecular weight excluding hydrogens is 424 g/mol. The maximum Gasteiger partial charge on any atom is 0.323 e. The van der Waals surface area contributed by atoms with Crippen molar-refractivity contribution >= 4 is 23.5 Å². The first-order valence-electron chi connectivity index (χ1n) is 9.98. The number of benzene rings is 2. The second-order valence-corrected chi connectivity index (χ2v) is 6.99. The minimum Gasteiger partial charge on any atom is -0.409 e. The van der Waals surface area contributed by atoms with Gasteiger partial charge in [0.2, 0.25) is 23.3 Å². The standard InChI is InChI=1S/C25H18N2O6/c28-22(32-20-13-11-18(26-20)24(30)16-7-3-1-4-8-16)15-23(29)33-21-14-12-19(27-21)25(31)17-9-5-2-6-10-17/h1-14,26-27H,15H2. The minimum absolute atomic E-state index is 0.0303. The molecule has 0 aliphatic carbocycles. The molecule has 0 spiro atoms. The number of carbonyl (C=O) groups excluding carboxylic acids is 4. The summed E-state index contributed by atoms with van der Waals surface area (Å²) in [5.41, 5.74) is 1.45. The molecule has 0 unspecified atom stereocenters. The monoisotopic (exact) mass is 442 g/mol. The highest BCUT2D eigenvalue weighted by Gasteiger charge is 2.18. The van der Waals surface area contributed by atoms with Crippen LogP contribution in [0.4, 0.5) is 0 Å². The van der Waals surface area contributed by atoms with Gasteiger partial charge in [0.15, 0.2) is 0 Å². The Morgan fingerprint density at radius 3 is 1.33 bits per heavy atom. The number of aromatic amines is 2. The molecule has 0 atom stereocenters. The van der Waals surface area contributed by atoms with Crippen LogP contribution >= 0.6 is 0 Å². The zero-order valence-corrected chi connectivity index (χ0v) is 17.2. The van der Waals surface area contributed by atoms with Gasteiger partial charge >= 0.3 is 11.9 Å². The van der Waals surface area contributed by atoms with Crippen molar-refractivity contribution in [1.82, 2.24) is 9.97 Å². The Kier molecular flexibility index (Phi) is 6.26. The summed E-state index contributed by atoms with van der Waals surface area (Å²) in [6.45, 7) is 0. The third kappa shape index (κ3) is 5.31. The van der Waals surface area contributed by atoms with E-state index < -0.39 is 18.4 Å². The van der Waals surface area contributed by atoms with Gasteiger partial charge in [-0.1, -0.05) is 60.7 Å². The molecular formula is C25H18N2O6. The first-order valence-corrected chi connectivity index (χ1v) is 9.98. The van der Waals surface area contributed by atoms with Crippen molar-refractivity contribution in [2.24, 2.45) is 0 Å². The van der Waals surface area contributed by atoms with E-state index in [0.717, 1.165) is 0 Å². The number of hydrogen-bond donors (Lipinski definition) is 2. The molecule has 4 rings (SSSR count). The average Bonchev–Trinajstić information content (AvgIpc) is 3.49. The normalized spacial score (nSPS) is 10.4. The molecule has 4 aromatic rings. The van der Waals surface area contributed by atoms with Crippen LogP contribution in [0.1, 0.15) is 38.5 Å². The maximum absolute atomic E-state index is 12.4. The van der Waals surface area contributed by atoms with Gasteiger partial charge in [-0.05, 0) is 12.1 Å². The highest BCUT2D eigenvalue weighted by molar-refractivity contribution is 6.08. The summed E-state index contributed by atoms with van der Waals surface area (Å²) in [6, 6.07) is 23.1. The van der Waals surface area contributed by atoms with Crippen molar-refractivity contribution < 1.29 is 28.7 Å². The van der Waals surface area contributed by atoms with Gasteiger partial charge in [-0.15, -0.1) is 0 Å². The topological polar surface area (TPSA) is 118 Å². The van der Waals surface area contributed by atoms with E-state index in [4.69, 9.17) is 9.47 Å². The van der Waals surface area contributed by atoms with Gasteiger partial charge in [0.1, 0.15) is 6.42 Å². The summed E-state index contributed by atoms with van der Waals surface area (Å²) in [4.78, 5) is 54.3. The van der Waals surface area contributed by atoms with Crippen molar-refractivity contribution in [2.75, 3.05) is 0 Å². The van der Waals surface area contributed by atoms with Gasteiger partial charge in [-0.2, -0.15) is 0 Å². The first-order chi connectivity index (χ1) is 16.0. The summed E-state index contributed by atoms with van der Waals surface area (Å²) in [5, 5.41) is 0. The number of aromatic nitrogens is 2. The van der Waals surface area contributed by atoms with Gasteiger partial charge < -0.3 is 19.4 Å². The maximum atomic E-state index is 12.4. The molecule has 8 nitrogen and oxygen atoms in total. The molecule has 2 aromatic heterocycles. The van der Waals surface area contributed by atoms with Crippen molar-refractivity contribution in [1.29, 1.82) is 0 Å². The highest BCUT2D eigenvalue weighted by atomic mass is 16.6. The molecule has 0 aliphatic heterocycles. The second-order valence-electron chi connectivity index (χ2n) is 6.99. The molecule has 0 aliphatic rings. The van der Waals surface area contributed by atoms with Gasteiger partial charge in [0.25, 0.3) is 0 Å². The van der Waals surface area contributed by atoms with Crippen LogP contribution in [0.15, 0.2) is 84.9 Å². The molecule has 0 fully saturated rings. The Bertz CT molecular complexity index is 1200. The first kappa shape index (κ1) is 21.5. The number of esters is 2. The Morgan fingerprint density at radius 2 is 0.939 bits per heavy atom. The van der Waals surface area contributed by atoms with Crippen molar-refractivity contribution in [3.8, 4) is 11.8 Å². The number of carbonyl (C=O) groups is 4. The number of hydrogen-bond acceptors (Lipinski definition) is 6. The lowest BCUT2D eigenvalue weighted by Crippen LogP contribution is -2.18. The molecule has 0 amide bonds.